The molecule has 0 aliphatic heterocycles. The van der Waals surface area contributed by atoms with Gasteiger partial charge in [-0.05, 0) is 18.8 Å². The molecule has 1 aromatic rings. The van der Waals surface area contributed by atoms with Crippen LogP contribution in [-0.4, -0.2) is 32.4 Å². The standard InChI is InChI=1S/C17H21F5O4/c1-10(2)4-3-6-24-8-9-25-7-5-11(23)26-17-15(21)13(19)12(18)14(20)16(17)22/h10H,3-9H2,1-2H3. The van der Waals surface area contributed by atoms with E-state index in [1.165, 1.54) is 0 Å². The SMILES string of the molecule is CC(C)CCCOCCOCCC(=O)Oc1c(F)c(F)c(F)c(F)c1F. The highest BCUT2D eigenvalue weighted by atomic mass is 19.2. The molecule has 0 aromatic heterocycles. The van der Waals surface area contributed by atoms with Crippen LogP contribution in [0.1, 0.15) is 33.1 Å². The third-order valence-corrected chi connectivity index (χ3v) is 3.28. The molecule has 148 valence electrons. The number of halogens is 5. The van der Waals surface area contributed by atoms with Gasteiger partial charge in [0.05, 0.1) is 26.2 Å². The summed E-state index contributed by atoms with van der Waals surface area (Å²) in [6, 6.07) is 0. The minimum absolute atomic E-state index is 0.149. The third-order valence-electron chi connectivity index (χ3n) is 3.28. The van der Waals surface area contributed by atoms with Crippen LogP contribution in [0.15, 0.2) is 0 Å². The quantitative estimate of drug-likeness (QED) is 0.144. The average molecular weight is 384 g/mol. The topological polar surface area (TPSA) is 44.8 Å². The van der Waals surface area contributed by atoms with E-state index in [4.69, 9.17) is 9.47 Å². The lowest BCUT2D eigenvalue weighted by Crippen LogP contribution is -2.16. The minimum Gasteiger partial charge on any atom is -0.420 e. The van der Waals surface area contributed by atoms with Crippen molar-refractivity contribution in [2.45, 2.75) is 33.1 Å². The second-order valence-electron chi connectivity index (χ2n) is 5.88. The molecular formula is C17H21F5O4. The normalized spacial score (nSPS) is 11.2. The summed E-state index contributed by atoms with van der Waals surface area (Å²) < 4.78 is 80.2. The van der Waals surface area contributed by atoms with Crippen molar-refractivity contribution in [1.29, 1.82) is 0 Å². The molecule has 0 aliphatic rings. The zero-order valence-corrected chi connectivity index (χ0v) is 14.5. The molecule has 0 radical (unpaired) electrons. The highest BCUT2D eigenvalue weighted by Crippen LogP contribution is 2.29. The van der Waals surface area contributed by atoms with E-state index in [1.807, 2.05) is 0 Å². The number of hydrogen-bond acceptors (Lipinski definition) is 4. The zero-order chi connectivity index (χ0) is 19.7. The summed E-state index contributed by atoms with van der Waals surface area (Å²) in [4.78, 5) is 11.5. The Hall–Kier alpha value is -1.74. The van der Waals surface area contributed by atoms with Gasteiger partial charge < -0.3 is 14.2 Å². The van der Waals surface area contributed by atoms with Crippen LogP contribution < -0.4 is 4.74 Å². The zero-order valence-electron chi connectivity index (χ0n) is 14.5. The maximum Gasteiger partial charge on any atom is 0.313 e. The van der Waals surface area contributed by atoms with Gasteiger partial charge in [0.15, 0.2) is 0 Å². The molecule has 1 aromatic carbocycles. The van der Waals surface area contributed by atoms with E-state index >= 15 is 0 Å². The summed E-state index contributed by atoms with van der Waals surface area (Å²) in [5, 5.41) is 0. The molecule has 0 saturated heterocycles. The lowest BCUT2D eigenvalue weighted by molar-refractivity contribution is -0.136. The Kier molecular flexibility index (Phi) is 9.50. The Labute approximate surface area is 148 Å². The highest BCUT2D eigenvalue weighted by Gasteiger charge is 2.28. The number of rotatable bonds is 11. The van der Waals surface area contributed by atoms with Crippen molar-refractivity contribution in [1.82, 2.24) is 0 Å². The van der Waals surface area contributed by atoms with Crippen molar-refractivity contribution in [3.05, 3.63) is 29.1 Å². The first-order valence-corrected chi connectivity index (χ1v) is 8.13. The van der Waals surface area contributed by atoms with Crippen LogP contribution in [-0.2, 0) is 14.3 Å². The number of ether oxygens (including phenoxy) is 3. The first kappa shape index (κ1) is 22.3. The molecule has 4 nitrogen and oxygen atoms in total. The molecule has 0 aliphatic carbocycles. The summed E-state index contributed by atoms with van der Waals surface area (Å²) in [6.45, 7) is 5.15. The molecule has 0 fully saturated rings. The van der Waals surface area contributed by atoms with Gasteiger partial charge in [-0.15, -0.1) is 0 Å². The van der Waals surface area contributed by atoms with Crippen LogP contribution in [0, 0.1) is 35.0 Å². The maximum atomic E-state index is 13.4. The van der Waals surface area contributed by atoms with Crippen molar-refractivity contribution in [3.63, 3.8) is 0 Å². The van der Waals surface area contributed by atoms with Gasteiger partial charge in [0, 0.05) is 6.61 Å². The molecule has 1 rings (SSSR count). The Bertz CT molecular complexity index is 578. The largest absolute Gasteiger partial charge is 0.420 e. The van der Waals surface area contributed by atoms with Crippen molar-refractivity contribution in [3.8, 4) is 5.75 Å². The van der Waals surface area contributed by atoms with Gasteiger partial charge in [-0.3, -0.25) is 4.79 Å². The molecule has 0 spiro atoms. The molecule has 9 heteroatoms. The third kappa shape index (κ3) is 6.87. The Morgan fingerprint density at radius 3 is 1.85 bits per heavy atom. The van der Waals surface area contributed by atoms with Crippen molar-refractivity contribution in [2.75, 3.05) is 26.4 Å². The number of hydrogen-bond donors (Lipinski definition) is 0. The van der Waals surface area contributed by atoms with Gasteiger partial charge in [0.2, 0.25) is 34.8 Å². The van der Waals surface area contributed by atoms with Gasteiger partial charge in [-0.1, -0.05) is 13.8 Å². The van der Waals surface area contributed by atoms with E-state index in [-0.39, 0.29) is 13.2 Å². The summed E-state index contributed by atoms with van der Waals surface area (Å²) in [5.74, 6) is -13.3. The van der Waals surface area contributed by atoms with Crippen LogP contribution in [0.5, 0.6) is 5.75 Å². The number of esters is 1. The molecule has 0 bridgehead atoms. The molecule has 26 heavy (non-hydrogen) atoms. The van der Waals surface area contributed by atoms with Gasteiger partial charge in [0.1, 0.15) is 0 Å². The van der Waals surface area contributed by atoms with Gasteiger partial charge >= 0.3 is 5.97 Å². The van der Waals surface area contributed by atoms with E-state index in [2.05, 4.69) is 18.6 Å². The van der Waals surface area contributed by atoms with Crippen molar-refractivity contribution < 1.29 is 41.0 Å². The molecule has 0 unspecified atom stereocenters. The summed E-state index contributed by atoms with van der Waals surface area (Å²) >= 11 is 0. The molecule has 0 N–H and O–H groups in total. The van der Waals surface area contributed by atoms with Crippen LogP contribution >= 0.6 is 0 Å². The van der Waals surface area contributed by atoms with Crippen molar-refractivity contribution >= 4 is 5.97 Å². The number of benzene rings is 1. The van der Waals surface area contributed by atoms with Crippen LogP contribution in [0.3, 0.4) is 0 Å². The van der Waals surface area contributed by atoms with Crippen molar-refractivity contribution in [2.24, 2.45) is 5.92 Å². The lowest BCUT2D eigenvalue weighted by Gasteiger charge is -2.09. The summed E-state index contributed by atoms with van der Waals surface area (Å²) in [5.41, 5.74) is 0. The second-order valence-corrected chi connectivity index (χ2v) is 5.88. The fraction of sp³-hybridized carbons (Fsp3) is 0.588. The molecule has 0 heterocycles. The first-order valence-electron chi connectivity index (χ1n) is 8.13. The van der Waals surface area contributed by atoms with E-state index in [9.17, 15) is 26.7 Å². The Balaban J connectivity index is 2.30. The van der Waals surface area contributed by atoms with Gasteiger partial charge in [-0.2, -0.15) is 8.78 Å². The van der Waals surface area contributed by atoms with E-state index in [1.54, 1.807) is 0 Å². The summed E-state index contributed by atoms with van der Waals surface area (Å²) in [7, 11) is 0. The maximum absolute atomic E-state index is 13.4. The van der Waals surface area contributed by atoms with Gasteiger partial charge in [0.25, 0.3) is 0 Å². The van der Waals surface area contributed by atoms with E-state index < -0.39 is 47.2 Å². The fourth-order valence-electron chi connectivity index (χ4n) is 1.91. The summed E-state index contributed by atoms with van der Waals surface area (Å²) in [6.07, 6.45) is 1.54. The Morgan fingerprint density at radius 2 is 1.31 bits per heavy atom. The fourth-order valence-corrected chi connectivity index (χ4v) is 1.91. The van der Waals surface area contributed by atoms with Crippen LogP contribution in [0.4, 0.5) is 22.0 Å². The monoisotopic (exact) mass is 384 g/mol. The highest BCUT2D eigenvalue weighted by molar-refractivity contribution is 5.72. The molecule has 0 saturated carbocycles. The Morgan fingerprint density at radius 1 is 0.808 bits per heavy atom. The number of carbonyl (C=O) groups is 1. The molecular weight excluding hydrogens is 363 g/mol. The second kappa shape index (κ2) is 11.1. The minimum atomic E-state index is -2.32. The molecule has 0 amide bonds. The predicted molar refractivity (Wildman–Crippen MR) is 82.2 cm³/mol. The van der Waals surface area contributed by atoms with Crippen LogP contribution in [0.25, 0.3) is 0 Å². The smallest absolute Gasteiger partial charge is 0.313 e. The number of carbonyl (C=O) groups excluding carboxylic acids is 1. The predicted octanol–water partition coefficient (Wildman–Crippen LogP) is 4.15. The van der Waals surface area contributed by atoms with Gasteiger partial charge in [-0.25, -0.2) is 13.2 Å². The first-order chi connectivity index (χ1) is 12.3. The molecule has 0 atom stereocenters. The lowest BCUT2D eigenvalue weighted by atomic mass is 10.1. The average Bonchev–Trinajstić information content (AvgIpc) is 2.60. The van der Waals surface area contributed by atoms with Crippen LogP contribution in [0.2, 0.25) is 0 Å². The van der Waals surface area contributed by atoms with E-state index in [0.717, 1.165) is 12.8 Å². The van der Waals surface area contributed by atoms with E-state index in [0.29, 0.717) is 19.1 Å².